The molecule has 0 spiro atoms. The topological polar surface area (TPSA) is 105 Å². The molecule has 1 saturated heterocycles. The van der Waals surface area contributed by atoms with E-state index in [-0.39, 0.29) is 29.7 Å². The van der Waals surface area contributed by atoms with Crippen LogP contribution in [0.4, 0.5) is 5.69 Å². The second-order valence-electron chi connectivity index (χ2n) is 3.94. The van der Waals surface area contributed by atoms with Gasteiger partial charge in [-0.15, -0.1) is 0 Å². The van der Waals surface area contributed by atoms with Crippen LogP contribution >= 0.6 is 0 Å². The summed E-state index contributed by atoms with van der Waals surface area (Å²) in [5, 5.41) is 2.42. The molecule has 1 aromatic heterocycles. The van der Waals surface area contributed by atoms with Crippen molar-refractivity contribution in [2.24, 2.45) is 0 Å². The lowest BCUT2D eigenvalue weighted by Crippen LogP contribution is -2.37. The van der Waals surface area contributed by atoms with E-state index in [1.807, 2.05) is 0 Å². The zero-order valence-corrected chi connectivity index (χ0v) is 10.5. The lowest BCUT2D eigenvalue weighted by molar-refractivity contribution is -0.120. The first-order valence-electron chi connectivity index (χ1n) is 5.49. The van der Waals surface area contributed by atoms with Crippen LogP contribution in [-0.4, -0.2) is 43.2 Å². The standard InChI is InChI=1S/C10H14N4O3S/c11-8-3-1-4-13-10(8)18(16,17)14-6-2-5-12-9(15)7-14/h1,3-4H,2,5-7,11H2,(H,12,15). The summed E-state index contributed by atoms with van der Waals surface area (Å²) >= 11 is 0. The summed E-state index contributed by atoms with van der Waals surface area (Å²) in [5.41, 5.74) is 5.70. The number of carbonyl (C=O) groups excluding carboxylic acids is 1. The van der Waals surface area contributed by atoms with Crippen molar-refractivity contribution >= 4 is 21.6 Å². The molecule has 2 heterocycles. The molecule has 0 saturated carbocycles. The fraction of sp³-hybridized carbons (Fsp3) is 0.400. The molecule has 0 radical (unpaired) electrons. The number of nitrogens with zero attached hydrogens (tertiary/aromatic N) is 2. The van der Waals surface area contributed by atoms with Crippen molar-refractivity contribution in [3.8, 4) is 0 Å². The van der Waals surface area contributed by atoms with Crippen LogP contribution in [-0.2, 0) is 14.8 Å². The first kappa shape index (κ1) is 12.8. The van der Waals surface area contributed by atoms with Gasteiger partial charge in [0.1, 0.15) is 0 Å². The Morgan fingerprint density at radius 3 is 2.94 bits per heavy atom. The Morgan fingerprint density at radius 1 is 1.44 bits per heavy atom. The maximum atomic E-state index is 12.3. The fourth-order valence-electron chi connectivity index (χ4n) is 1.72. The van der Waals surface area contributed by atoms with Gasteiger partial charge in [-0.25, -0.2) is 13.4 Å². The van der Waals surface area contributed by atoms with Gasteiger partial charge in [-0.1, -0.05) is 0 Å². The van der Waals surface area contributed by atoms with Crippen molar-refractivity contribution in [3.63, 3.8) is 0 Å². The van der Waals surface area contributed by atoms with Gasteiger partial charge in [-0.2, -0.15) is 4.31 Å². The molecule has 3 N–H and O–H groups in total. The Labute approximate surface area is 105 Å². The van der Waals surface area contributed by atoms with Crippen LogP contribution in [0.5, 0.6) is 0 Å². The molecular formula is C10H14N4O3S. The quantitative estimate of drug-likeness (QED) is 0.730. The van der Waals surface area contributed by atoms with Crippen LogP contribution < -0.4 is 11.1 Å². The molecule has 7 nitrogen and oxygen atoms in total. The molecule has 0 bridgehead atoms. The number of carbonyl (C=O) groups is 1. The highest BCUT2D eigenvalue weighted by atomic mass is 32.2. The number of rotatable bonds is 2. The third-order valence-electron chi connectivity index (χ3n) is 2.61. The predicted molar refractivity (Wildman–Crippen MR) is 65.0 cm³/mol. The number of nitrogen functional groups attached to an aromatic ring is 1. The molecular weight excluding hydrogens is 256 g/mol. The van der Waals surface area contributed by atoms with Crippen LogP contribution in [0.3, 0.4) is 0 Å². The first-order valence-corrected chi connectivity index (χ1v) is 6.93. The second kappa shape index (κ2) is 4.91. The minimum atomic E-state index is -3.81. The monoisotopic (exact) mass is 270 g/mol. The van der Waals surface area contributed by atoms with E-state index < -0.39 is 10.0 Å². The smallest absolute Gasteiger partial charge is 0.263 e. The van der Waals surface area contributed by atoms with Crippen molar-refractivity contribution in [2.75, 3.05) is 25.4 Å². The molecule has 0 aliphatic carbocycles. The molecule has 1 aromatic rings. The van der Waals surface area contributed by atoms with Crippen LogP contribution in [0.1, 0.15) is 6.42 Å². The first-order chi connectivity index (χ1) is 8.51. The molecule has 18 heavy (non-hydrogen) atoms. The zero-order chi connectivity index (χ0) is 13.2. The summed E-state index contributed by atoms with van der Waals surface area (Å²) < 4.78 is 25.7. The molecule has 0 atom stereocenters. The molecule has 2 rings (SSSR count). The fourth-order valence-corrected chi connectivity index (χ4v) is 3.19. The molecule has 8 heteroatoms. The number of nitrogens with one attached hydrogen (secondary N) is 1. The van der Waals surface area contributed by atoms with Gasteiger partial charge in [0, 0.05) is 19.3 Å². The van der Waals surface area contributed by atoms with Crippen molar-refractivity contribution in [1.29, 1.82) is 0 Å². The number of hydrogen-bond acceptors (Lipinski definition) is 5. The summed E-state index contributed by atoms with van der Waals surface area (Å²) in [4.78, 5) is 15.2. The zero-order valence-electron chi connectivity index (χ0n) is 9.67. The van der Waals surface area contributed by atoms with Gasteiger partial charge in [0.15, 0.2) is 5.03 Å². The van der Waals surface area contributed by atoms with Gasteiger partial charge in [-0.3, -0.25) is 4.79 Å². The van der Waals surface area contributed by atoms with E-state index in [0.717, 1.165) is 4.31 Å². The number of hydrogen-bond donors (Lipinski definition) is 2. The van der Waals surface area contributed by atoms with E-state index in [2.05, 4.69) is 10.3 Å². The van der Waals surface area contributed by atoms with Crippen LogP contribution in [0, 0.1) is 0 Å². The van der Waals surface area contributed by atoms with Crippen molar-refractivity contribution in [3.05, 3.63) is 18.3 Å². The van der Waals surface area contributed by atoms with Crippen LogP contribution in [0.15, 0.2) is 23.4 Å². The maximum absolute atomic E-state index is 12.3. The van der Waals surface area contributed by atoms with Gasteiger partial charge in [0.2, 0.25) is 5.91 Å². The minimum Gasteiger partial charge on any atom is -0.396 e. The molecule has 98 valence electrons. The van der Waals surface area contributed by atoms with E-state index in [9.17, 15) is 13.2 Å². The van der Waals surface area contributed by atoms with E-state index in [0.29, 0.717) is 13.0 Å². The predicted octanol–water partition coefficient (Wildman–Crippen LogP) is -0.826. The molecule has 0 aromatic carbocycles. The van der Waals surface area contributed by atoms with Crippen LogP contribution in [0.25, 0.3) is 0 Å². The van der Waals surface area contributed by atoms with E-state index >= 15 is 0 Å². The number of pyridine rings is 1. The molecule has 0 unspecified atom stereocenters. The second-order valence-corrected chi connectivity index (χ2v) is 5.79. The van der Waals surface area contributed by atoms with E-state index in [4.69, 9.17) is 5.73 Å². The highest BCUT2D eigenvalue weighted by Gasteiger charge is 2.30. The highest BCUT2D eigenvalue weighted by molar-refractivity contribution is 7.89. The summed E-state index contributed by atoms with van der Waals surface area (Å²) in [6, 6.07) is 3.03. The molecule has 1 amide bonds. The third kappa shape index (κ3) is 2.44. The van der Waals surface area contributed by atoms with Gasteiger partial charge in [0.25, 0.3) is 10.0 Å². The Hall–Kier alpha value is -1.67. The normalized spacial score (nSPS) is 18.1. The lowest BCUT2D eigenvalue weighted by atomic mass is 10.4. The number of nitrogens with two attached hydrogens (primary N) is 1. The highest BCUT2D eigenvalue weighted by Crippen LogP contribution is 2.19. The van der Waals surface area contributed by atoms with Gasteiger partial charge >= 0.3 is 0 Å². The van der Waals surface area contributed by atoms with Gasteiger partial charge < -0.3 is 11.1 Å². The average molecular weight is 270 g/mol. The Balaban J connectivity index is 2.36. The van der Waals surface area contributed by atoms with Crippen molar-refractivity contribution in [1.82, 2.24) is 14.6 Å². The summed E-state index contributed by atoms with van der Waals surface area (Å²) in [6.07, 6.45) is 1.93. The van der Waals surface area contributed by atoms with Crippen molar-refractivity contribution in [2.45, 2.75) is 11.4 Å². The Bertz CT molecular complexity index is 558. The summed E-state index contributed by atoms with van der Waals surface area (Å²) in [6.45, 7) is 0.554. The Morgan fingerprint density at radius 2 is 2.22 bits per heavy atom. The lowest BCUT2D eigenvalue weighted by Gasteiger charge is -2.18. The largest absolute Gasteiger partial charge is 0.396 e. The third-order valence-corrected chi connectivity index (χ3v) is 4.43. The number of aromatic nitrogens is 1. The van der Waals surface area contributed by atoms with Gasteiger partial charge in [0.05, 0.1) is 12.2 Å². The molecule has 1 aliphatic heterocycles. The van der Waals surface area contributed by atoms with Gasteiger partial charge in [-0.05, 0) is 18.6 Å². The molecule has 1 aliphatic rings. The van der Waals surface area contributed by atoms with Crippen LogP contribution in [0.2, 0.25) is 0 Å². The SMILES string of the molecule is Nc1cccnc1S(=O)(=O)N1CCCNC(=O)C1. The summed E-state index contributed by atoms with van der Waals surface area (Å²) in [7, 11) is -3.81. The maximum Gasteiger partial charge on any atom is 0.263 e. The Kier molecular flexibility index (Phi) is 3.48. The van der Waals surface area contributed by atoms with E-state index in [1.54, 1.807) is 6.07 Å². The number of amides is 1. The summed E-state index contributed by atoms with van der Waals surface area (Å²) in [5.74, 6) is -0.314. The van der Waals surface area contributed by atoms with E-state index in [1.165, 1.54) is 12.3 Å². The number of sulfonamides is 1. The van der Waals surface area contributed by atoms with Crippen molar-refractivity contribution < 1.29 is 13.2 Å². The molecule has 1 fully saturated rings. The number of anilines is 1. The average Bonchev–Trinajstić information content (AvgIpc) is 2.54. The minimum absolute atomic E-state index is 0.0853.